The third-order valence-corrected chi connectivity index (χ3v) is 3.89. The van der Waals surface area contributed by atoms with Crippen molar-refractivity contribution in [3.63, 3.8) is 0 Å². The number of nitrogens with two attached hydrogens (primary N) is 1. The Kier molecular flexibility index (Phi) is 4.74. The van der Waals surface area contributed by atoms with Crippen LogP contribution < -0.4 is 5.73 Å². The van der Waals surface area contributed by atoms with E-state index in [1.165, 1.54) is 5.56 Å². The Balaban J connectivity index is 2.80. The Morgan fingerprint density at radius 1 is 1.59 bits per heavy atom. The fourth-order valence-electron chi connectivity index (χ4n) is 1.90. The summed E-state index contributed by atoms with van der Waals surface area (Å²) in [4.78, 5) is 2.22. The van der Waals surface area contributed by atoms with E-state index in [0.29, 0.717) is 6.54 Å². The Labute approximate surface area is 104 Å². The van der Waals surface area contributed by atoms with Gasteiger partial charge in [0.25, 0.3) is 0 Å². The van der Waals surface area contributed by atoms with Crippen LogP contribution in [-0.2, 0) is 11.3 Å². The molecule has 0 bridgehead atoms. The van der Waals surface area contributed by atoms with Crippen molar-refractivity contribution < 1.29 is 9.15 Å². The Bertz CT molecular complexity index is 351. The molecule has 0 spiro atoms. The quantitative estimate of drug-likeness (QED) is 0.823. The first-order valence-corrected chi connectivity index (χ1v) is 5.92. The second-order valence-electron chi connectivity index (χ2n) is 4.80. The van der Waals surface area contributed by atoms with Crippen LogP contribution in [0.25, 0.3) is 0 Å². The van der Waals surface area contributed by atoms with Crippen molar-refractivity contribution in [2.24, 2.45) is 5.73 Å². The van der Waals surface area contributed by atoms with E-state index in [1.54, 1.807) is 13.4 Å². The van der Waals surface area contributed by atoms with Gasteiger partial charge in [-0.15, -0.1) is 0 Å². The van der Waals surface area contributed by atoms with E-state index in [9.17, 15) is 0 Å². The zero-order chi connectivity index (χ0) is 13.1. The van der Waals surface area contributed by atoms with Crippen molar-refractivity contribution in [3.05, 3.63) is 23.7 Å². The largest absolute Gasteiger partial charge is 0.469 e. The minimum absolute atomic E-state index is 0.0738. The molecule has 0 radical (unpaired) electrons. The van der Waals surface area contributed by atoms with Gasteiger partial charge in [-0.3, -0.25) is 4.90 Å². The number of furan rings is 1. The standard InChI is InChI=1S/C13H24N2O2/c1-10-12(6-7-17-10)8-15(4)13(3,9-14)11(2)16-5/h6-7,11H,8-9,14H2,1-5H3. The molecular formula is C13H24N2O2. The number of aryl methyl sites for hydroxylation is 1. The van der Waals surface area contributed by atoms with E-state index in [1.807, 2.05) is 19.9 Å². The van der Waals surface area contributed by atoms with Gasteiger partial charge in [-0.25, -0.2) is 0 Å². The summed E-state index contributed by atoms with van der Waals surface area (Å²) in [6.45, 7) is 7.50. The van der Waals surface area contributed by atoms with E-state index in [2.05, 4.69) is 18.9 Å². The molecule has 2 atom stereocenters. The number of hydrogen-bond donors (Lipinski definition) is 1. The van der Waals surface area contributed by atoms with Crippen molar-refractivity contribution in [2.45, 2.75) is 39.0 Å². The highest BCUT2D eigenvalue weighted by molar-refractivity contribution is 5.15. The smallest absolute Gasteiger partial charge is 0.105 e. The van der Waals surface area contributed by atoms with Crippen LogP contribution in [-0.4, -0.2) is 37.2 Å². The van der Waals surface area contributed by atoms with Gasteiger partial charge in [0.05, 0.1) is 17.9 Å². The number of nitrogens with zero attached hydrogens (tertiary/aromatic N) is 1. The number of hydrogen-bond acceptors (Lipinski definition) is 4. The normalized spacial score (nSPS) is 17.1. The minimum atomic E-state index is -0.182. The van der Waals surface area contributed by atoms with Gasteiger partial charge in [-0.05, 0) is 33.9 Å². The number of ether oxygens (including phenoxy) is 1. The predicted octanol–water partition coefficient (Wildman–Crippen LogP) is 1.77. The van der Waals surface area contributed by atoms with Crippen LogP contribution >= 0.6 is 0 Å². The molecule has 98 valence electrons. The highest BCUT2D eigenvalue weighted by atomic mass is 16.5. The van der Waals surface area contributed by atoms with Crippen LogP contribution in [0.3, 0.4) is 0 Å². The van der Waals surface area contributed by atoms with E-state index >= 15 is 0 Å². The maximum Gasteiger partial charge on any atom is 0.105 e. The molecule has 4 heteroatoms. The summed E-state index contributed by atoms with van der Waals surface area (Å²) in [7, 11) is 3.78. The average molecular weight is 240 g/mol. The molecule has 1 aromatic rings. The van der Waals surface area contributed by atoms with Crippen LogP contribution in [0.15, 0.2) is 16.7 Å². The Morgan fingerprint density at radius 2 is 2.24 bits per heavy atom. The second kappa shape index (κ2) is 5.67. The van der Waals surface area contributed by atoms with Gasteiger partial charge in [-0.2, -0.15) is 0 Å². The molecule has 0 saturated carbocycles. The first kappa shape index (κ1) is 14.2. The van der Waals surface area contributed by atoms with Crippen molar-refractivity contribution >= 4 is 0 Å². The summed E-state index contributed by atoms with van der Waals surface area (Å²) < 4.78 is 10.7. The molecule has 1 heterocycles. The lowest BCUT2D eigenvalue weighted by Crippen LogP contribution is -2.57. The number of rotatable bonds is 6. The van der Waals surface area contributed by atoms with Crippen molar-refractivity contribution in [2.75, 3.05) is 20.7 Å². The van der Waals surface area contributed by atoms with E-state index in [-0.39, 0.29) is 11.6 Å². The lowest BCUT2D eigenvalue weighted by molar-refractivity contribution is -0.0231. The van der Waals surface area contributed by atoms with Crippen LogP contribution in [0, 0.1) is 6.92 Å². The zero-order valence-corrected chi connectivity index (χ0v) is 11.5. The summed E-state index contributed by atoms with van der Waals surface area (Å²) in [6, 6.07) is 2.00. The maximum absolute atomic E-state index is 5.91. The highest BCUT2D eigenvalue weighted by Gasteiger charge is 2.34. The summed E-state index contributed by atoms with van der Waals surface area (Å²) in [6.07, 6.45) is 1.79. The first-order valence-electron chi connectivity index (χ1n) is 5.92. The van der Waals surface area contributed by atoms with Crippen molar-refractivity contribution in [1.29, 1.82) is 0 Å². The summed E-state index contributed by atoms with van der Waals surface area (Å²) in [5, 5.41) is 0. The van der Waals surface area contributed by atoms with E-state index in [4.69, 9.17) is 14.9 Å². The molecule has 0 aromatic carbocycles. The minimum Gasteiger partial charge on any atom is -0.469 e. The SMILES string of the molecule is COC(C)C(C)(CN)N(C)Cc1ccoc1C. The summed E-state index contributed by atoms with van der Waals surface area (Å²) in [5.74, 6) is 0.960. The maximum atomic E-state index is 5.91. The Hall–Kier alpha value is -0.840. The van der Waals surface area contributed by atoms with Crippen molar-refractivity contribution in [3.8, 4) is 0 Å². The van der Waals surface area contributed by atoms with Gasteiger partial charge in [0.15, 0.2) is 0 Å². The van der Waals surface area contributed by atoms with Crippen molar-refractivity contribution in [1.82, 2.24) is 4.90 Å². The molecule has 1 rings (SSSR count). The molecule has 1 aromatic heterocycles. The third kappa shape index (κ3) is 2.89. The molecule has 0 amide bonds. The molecule has 17 heavy (non-hydrogen) atoms. The fourth-order valence-corrected chi connectivity index (χ4v) is 1.90. The molecule has 0 aliphatic carbocycles. The monoisotopic (exact) mass is 240 g/mol. The van der Waals surface area contributed by atoms with Gasteiger partial charge in [0, 0.05) is 25.8 Å². The molecule has 0 fully saturated rings. The molecule has 2 N–H and O–H groups in total. The summed E-state index contributed by atoms with van der Waals surface area (Å²) in [5.41, 5.74) is 6.91. The van der Waals surface area contributed by atoms with Crippen LogP contribution in [0.2, 0.25) is 0 Å². The van der Waals surface area contributed by atoms with Gasteiger partial charge in [0.1, 0.15) is 5.76 Å². The Morgan fingerprint density at radius 3 is 2.65 bits per heavy atom. The molecule has 2 unspecified atom stereocenters. The van der Waals surface area contributed by atoms with Gasteiger partial charge in [0.2, 0.25) is 0 Å². The fraction of sp³-hybridized carbons (Fsp3) is 0.692. The van der Waals surface area contributed by atoms with E-state index < -0.39 is 0 Å². The van der Waals surface area contributed by atoms with Gasteiger partial charge < -0.3 is 14.9 Å². The van der Waals surface area contributed by atoms with Crippen LogP contribution in [0.4, 0.5) is 0 Å². The zero-order valence-electron chi connectivity index (χ0n) is 11.5. The molecule has 0 aliphatic heterocycles. The lowest BCUT2D eigenvalue weighted by atomic mass is 9.93. The average Bonchev–Trinajstić information content (AvgIpc) is 2.72. The highest BCUT2D eigenvalue weighted by Crippen LogP contribution is 2.22. The molecule has 0 saturated heterocycles. The van der Waals surface area contributed by atoms with Gasteiger partial charge >= 0.3 is 0 Å². The molecule has 0 aliphatic rings. The summed E-state index contributed by atoms with van der Waals surface area (Å²) >= 11 is 0. The van der Waals surface area contributed by atoms with E-state index in [0.717, 1.165) is 12.3 Å². The topological polar surface area (TPSA) is 51.6 Å². The molecular weight excluding hydrogens is 216 g/mol. The van der Waals surface area contributed by atoms with Gasteiger partial charge in [-0.1, -0.05) is 0 Å². The van der Waals surface area contributed by atoms with Crippen LogP contribution in [0.1, 0.15) is 25.2 Å². The molecule has 4 nitrogen and oxygen atoms in total. The lowest BCUT2D eigenvalue weighted by Gasteiger charge is -2.41. The number of methoxy groups -OCH3 is 1. The number of likely N-dealkylation sites (N-methyl/N-ethyl adjacent to an activating group) is 1. The first-order chi connectivity index (χ1) is 7.95. The predicted molar refractivity (Wildman–Crippen MR) is 68.8 cm³/mol. The second-order valence-corrected chi connectivity index (χ2v) is 4.80. The van der Waals surface area contributed by atoms with Crippen LogP contribution in [0.5, 0.6) is 0 Å². The third-order valence-electron chi connectivity index (χ3n) is 3.89.